The molecule has 0 unspecified atom stereocenters. The number of carbonyl (C=O) groups excluding carboxylic acids is 1. The van der Waals surface area contributed by atoms with Crippen LogP contribution in [0, 0.1) is 12.3 Å². The number of nitrogens with zero attached hydrogens (tertiary/aromatic N) is 2. The lowest BCUT2D eigenvalue weighted by atomic mass is 9.78. The van der Waals surface area contributed by atoms with Gasteiger partial charge >= 0.3 is 0 Å². The van der Waals surface area contributed by atoms with Crippen LogP contribution in [0.4, 0.5) is 0 Å². The van der Waals surface area contributed by atoms with Gasteiger partial charge in [-0.15, -0.1) is 24.8 Å². The first-order chi connectivity index (χ1) is 9.67. The number of amides is 1. The van der Waals surface area contributed by atoms with E-state index in [1.165, 1.54) is 6.42 Å². The Balaban J connectivity index is 0.00000121. The summed E-state index contributed by atoms with van der Waals surface area (Å²) in [5, 5.41) is 3.46. The minimum Gasteiger partial charge on any atom is -0.342 e. The topological polar surface area (TPSA) is 45.2 Å². The zero-order valence-electron chi connectivity index (χ0n) is 13.0. The van der Waals surface area contributed by atoms with Crippen molar-refractivity contribution in [1.82, 2.24) is 15.2 Å². The number of piperidine rings is 1. The molecule has 2 aliphatic rings. The average molecular weight is 346 g/mol. The van der Waals surface area contributed by atoms with Crippen molar-refractivity contribution in [2.75, 3.05) is 26.2 Å². The molecule has 1 N–H and O–H groups in total. The summed E-state index contributed by atoms with van der Waals surface area (Å²) in [4.78, 5) is 18.6. The Bertz CT molecular complexity index is 477. The van der Waals surface area contributed by atoms with Crippen LogP contribution in [-0.4, -0.2) is 42.0 Å². The molecule has 2 saturated heterocycles. The van der Waals surface area contributed by atoms with Crippen LogP contribution < -0.4 is 5.32 Å². The van der Waals surface area contributed by atoms with E-state index in [2.05, 4.69) is 10.3 Å². The van der Waals surface area contributed by atoms with Gasteiger partial charge in [0.1, 0.15) is 0 Å². The lowest BCUT2D eigenvalue weighted by Gasteiger charge is -2.39. The number of rotatable bonds is 2. The van der Waals surface area contributed by atoms with E-state index in [-0.39, 0.29) is 30.7 Å². The molecule has 3 rings (SSSR count). The predicted molar refractivity (Wildman–Crippen MR) is 92.9 cm³/mol. The van der Waals surface area contributed by atoms with Crippen LogP contribution in [0.15, 0.2) is 18.3 Å². The second-order valence-electron chi connectivity index (χ2n) is 6.29. The summed E-state index contributed by atoms with van der Waals surface area (Å²) in [6.45, 7) is 6.07. The van der Waals surface area contributed by atoms with Crippen molar-refractivity contribution in [1.29, 1.82) is 0 Å². The molecule has 0 saturated carbocycles. The number of likely N-dealkylation sites (tertiary alicyclic amines) is 1. The van der Waals surface area contributed by atoms with Crippen LogP contribution in [0.5, 0.6) is 0 Å². The van der Waals surface area contributed by atoms with Crippen molar-refractivity contribution >= 4 is 30.7 Å². The fraction of sp³-hybridized carbons (Fsp3) is 0.625. The van der Waals surface area contributed by atoms with E-state index in [1.807, 2.05) is 30.2 Å². The van der Waals surface area contributed by atoms with Crippen LogP contribution in [0.1, 0.15) is 30.5 Å². The number of hydrogen-bond acceptors (Lipinski definition) is 3. The maximum absolute atomic E-state index is 12.3. The highest BCUT2D eigenvalue weighted by Gasteiger charge is 2.37. The molecule has 1 aromatic heterocycles. The summed E-state index contributed by atoms with van der Waals surface area (Å²) in [5.41, 5.74) is 2.49. The van der Waals surface area contributed by atoms with E-state index in [9.17, 15) is 4.79 Å². The quantitative estimate of drug-likeness (QED) is 0.894. The molecule has 6 heteroatoms. The van der Waals surface area contributed by atoms with Crippen LogP contribution in [0.3, 0.4) is 0 Å². The van der Waals surface area contributed by atoms with E-state index in [4.69, 9.17) is 0 Å². The second kappa shape index (κ2) is 8.14. The normalized spacial score (nSPS) is 19.4. The highest BCUT2D eigenvalue weighted by Crippen LogP contribution is 2.36. The molecule has 0 radical (unpaired) electrons. The van der Waals surface area contributed by atoms with E-state index >= 15 is 0 Å². The molecule has 0 aliphatic carbocycles. The zero-order chi connectivity index (χ0) is 14.0. The molecule has 1 amide bonds. The summed E-state index contributed by atoms with van der Waals surface area (Å²) >= 11 is 0. The van der Waals surface area contributed by atoms with Crippen LogP contribution in [0.25, 0.3) is 0 Å². The SMILES string of the molecule is Cc1ccc(CC(=O)N2CCC3(CCNC3)CC2)cn1.Cl.Cl. The summed E-state index contributed by atoms with van der Waals surface area (Å²) in [6.07, 6.45) is 5.88. The molecule has 1 spiro atoms. The van der Waals surface area contributed by atoms with Gasteiger partial charge in [-0.25, -0.2) is 0 Å². The van der Waals surface area contributed by atoms with Crippen LogP contribution in [-0.2, 0) is 11.2 Å². The molecule has 0 bridgehead atoms. The molecule has 0 aromatic carbocycles. The first-order valence-corrected chi connectivity index (χ1v) is 7.57. The lowest BCUT2D eigenvalue weighted by Crippen LogP contribution is -2.44. The van der Waals surface area contributed by atoms with E-state index < -0.39 is 0 Å². The van der Waals surface area contributed by atoms with Crippen molar-refractivity contribution in [3.63, 3.8) is 0 Å². The summed E-state index contributed by atoms with van der Waals surface area (Å²) in [6, 6.07) is 3.98. The van der Waals surface area contributed by atoms with Crippen molar-refractivity contribution in [3.8, 4) is 0 Å². The monoisotopic (exact) mass is 345 g/mol. The van der Waals surface area contributed by atoms with Crippen LogP contribution in [0.2, 0.25) is 0 Å². The molecular weight excluding hydrogens is 321 g/mol. The Morgan fingerprint density at radius 2 is 2.00 bits per heavy atom. The third-order valence-electron chi connectivity index (χ3n) is 4.84. The Hall–Kier alpha value is -0.840. The van der Waals surface area contributed by atoms with Gasteiger partial charge < -0.3 is 10.2 Å². The number of halogens is 2. The fourth-order valence-electron chi connectivity index (χ4n) is 3.34. The molecule has 4 nitrogen and oxygen atoms in total. The maximum Gasteiger partial charge on any atom is 0.227 e. The van der Waals surface area contributed by atoms with E-state index in [0.717, 1.165) is 50.3 Å². The highest BCUT2D eigenvalue weighted by atomic mass is 35.5. The molecule has 1 aromatic rings. The number of pyridine rings is 1. The molecule has 0 atom stereocenters. The largest absolute Gasteiger partial charge is 0.342 e. The highest BCUT2D eigenvalue weighted by molar-refractivity contribution is 5.85. The predicted octanol–water partition coefficient (Wildman–Crippen LogP) is 2.38. The molecule has 22 heavy (non-hydrogen) atoms. The molecule has 2 fully saturated rings. The Morgan fingerprint density at radius 1 is 1.27 bits per heavy atom. The standard InChI is InChI=1S/C16H23N3O.2ClH/c1-13-2-3-14(11-18-13)10-15(20)19-8-5-16(6-9-19)4-7-17-12-16;;/h2-3,11,17H,4-10,12H2,1H3;2*1H. The van der Waals surface area contributed by atoms with Gasteiger partial charge in [-0.05, 0) is 49.8 Å². The van der Waals surface area contributed by atoms with Crippen molar-refractivity contribution in [2.45, 2.75) is 32.6 Å². The first-order valence-electron chi connectivity index (χ1n) is 7.57. The minimum absolute atomic E-state index is 0. The van der Waals surface area contributed by atoms with E-state index in [1.54, 1.807) is 0 Å². The maximum atomic E-state index is 12.3. The number of hydrogen-bond donors (Lipinski definition) is 1. The summed E-state index contributed by atoms with van der Waals surface area (Å²) < 4.78 is 0. The van der Waals surface area contributed by atoms with Gasteiger partial charge in [0, 0.05) is 31.5 Å². The van der Waals surface area contributed by atoms with E-state index in [0.29, 0.717) is 11.8 Å². The van der Waals surface area contributed by atoms with Crippen molar-refractivity contribution in [2.24, 2.45) is 5.41 Å². The minimum atomic E-state index is 0. The van der Waals surface area contributed by atoms with Gasteiger partial charge in [0.2, 0.25) is 5.91 Å². The summed E-state index contributed by atoms with van der Waals surface area (Å²) in [7, 11) is 0. The van der Waals surface area contributed by atoms with Crippen LogP contribution >= 0.6 is 24.8 Å². The molecule has 124 valence electrons. The molecule has 2 aliphatic heterocycles. The van der Waals surface area contributed by atoms with Gasteiger partial charge in [-0.1, -0.05) is 6.07 Å². The van der Waals surface area contributed by atoms with Gasteiger partial charge in [0.25, 0.3) is 0 Å². The third-order valence-corrected chi connectivity index (χ3v) is 4.84. The lowest BCUT2D eigenvalue weighted by molar-refractivity contribution is -0.132. The van der Waals surface area contributed by atoms with Gasteiger partial charge in [-0.3, -0.25) is 9.78 Å². The number of carbonyl (C=O) groups is 1. The van der Waals surface area contributed by atoms with Gasteiger partial charge in [0.15, 0.2) is 0 Å². The first kappa shape index (κ1) is 19.2. The number of nitrogens with one attached hydrogen (secondary N) is 1. The fourth-order valence-corrected chi connectivity index (χ4v) is 3.34. The van der Waals surface area contributed by atoms with Gasteiger partial charge in [0.05, 0.1) is 6.42 Å². The molecule has 3 heterocycles. The van der Waals surface area contributed by atoms with Gasteiger partial charge in [-0.2, -0.15) is 0 Å². The van der Waals surface area contributed by atoms with Crippen molar-refractivity contribution in [3.05, 3.63) is 29.6 Å². The second-order valence-corrected chi connectivity index (χ2v) is 6.29. The summed E-state index contributed by atoms with van der Waals surface area (Å²) in [5.74, 6) is 0.247. The Labute approximate surface area is 144 Å². The average Bonchev–Trinajstić information content (AvgIpc) is 2.90. The zero-order valence-corrected chi connectivity index (χ0v) is 14.6. The third kappa shape index (κ3) is 4.34. The smallest absolute Gasteiger partial charge is 0.227 e. The van der Waals surface area contributed by atoms with Crippen molar-refractivity contribution < 1.29 is 4.79 Å². The molecular formula is C16H25Cl2N3O. The number of aromatic nitrogens is 1. The Morgan fingerprint density at radius 3 is 2.55 bits per heavy atom. The Kier molecular flexibility index (Phi) is 7.10. The number of aryl methyl sites for hydroxylation is 1.